The van der Waals surface area contributed by atoms with Crippen molar-refractivity contribution in [3.8, 4) is 0 Å². The van der Waals surface area contributed by atoms with E-state index in [4.69, 9.17) is 0 Å². The van der Waals surface area contributed by atoms with Crippen molar-refractivity contribution in [2.45, 2.75) is 24.2 Å². The molecule has 0 aliphatic heterocycles. The second kappa shape index (κ2) is 7.14. The van der Waals surface area contributed by atoms with Crippen LogP contribution in [0, 0.1) is 0 Å². The molecule has 5 heteroatoms. The van der Waals surface area contributed by atoms with Gasteiger partial charge in [-0.2, -0.15) is 0 Å². The minimum atomic E-state index is -3.16. The van der Waals surface area contributed by atoms with E-state index in [2.05, 4.69) is 15.9 Å². The Bertz CT molecular complexity index is 474. The van der Waals surface area contributed by atoms with Gasteiger partial charge < -0.3 is 4.90 Å². The number of alkyl halides is 1. The minimum Gasteiger partial charge on any atom is -0.374 e. The van der Waals surface area contributed by atoms with Crippen LogP contribution in [0.5, 0.6) is 0 Å². The predicted molar refractivity (Wildman–Crippen MR) is 80.5 cm³/mol. The Labute approximate surface area is 118 Å². The van der Waals surface area contributed by atoms with Crippen molar-refractivity contribution in [1.29, 1.82) is 0 Å². The molecule has 0 heterocycles. The maximum Gasteiger partial charge on any atom is 0.177 e. The molecule has 1 rings (SSSR count). The van der Waals surface area contributed by atoms with E-state index < -0.39 is 9.84 Å². The van der Waals surface area contributed by atoms with E-state index in [0.29, 0.717) is 4.90 Å². The SMILES string of the molecule is CN(CCCCCBr)c1ccccc1S(C)(=O)=O. The van der Waals surface area contributed by atoms with Crippen molar-refractivity contribution in [3.05, 3.63) is 24.3 Å². The van der Waals surface area contributed by atoms with Gasteiger partial charge >= 0.3 is 0 Å². The van der Waals surface area contributed by atoms with Gasteiger partial charge in [0.05, 0.1) is 10.6 Å². The molecule has 0 bridgehead atoms. The second-order valence-electron chi connectivity index (χ2n) is 4.41. The summed E-state index contributed by atoms with van der Waals surface area (Å²) < 4.78 is 23.4. The maximum atomic E-state index is 11.7. The Hall–Kier alpha value is -0.550. The molecule has 0 N–H and O–H groups in total. The standard InChI is InChI=1S/C13H20BrNO2S/c1-15(11-7-3-6-10-14)12-8-4-5-9-13(12)18(2,16)17/h4-5,8-9H,3,6-7,10-11H2,1-2H3. The number of anilines is 1. The summed E-state index contributed by atoms with van der Waals surface area (Å²) in [5, 5.41) is 1.02. The largest absolute Gasteiger partial charge is 0.374 e. The first-order chi connectivity index (χ1) is 8.46. The molecule has 0 radical (unpaired) electrons. The molecule has 0 saturated carbocycles. The van der Waals surface area contributed by atoms with Crippen LogP contribution in [0.3, 0.4) is 0 Å². The van der Waals surface area contributed by atoms with Crippen LogP contribution in [-0.2, 0) is 9.84 Å². The number of benzene rings is 1. The van der Waals surface area contributed by atoms with Crippen LogP contribution in [0.1, 0.15) is 19.3 Å². The Morgan fingerprint density at radius 3 is 2.44 bits per heavy atom. The fraction of sp³-hybridized carbons (Fsp3) is 0.538. The molecule has 1 aromatic carbocycles. The van der Waals surface area contributed by atoms with Crippen LogP contribution >= 0.6 is 15.9 Å². The number of para-hydroxylation sites is 1. The molecular weight excluding hydrogens is 314 g/mol. The highest BCUT2D eigenvalue weighted by Crippen LogP contribution is 2.24. The van der Waals surface area contributed by atoms with Crippen LogP contribution in [0.2, 0.25) is 0 Å². The number of sulfone groups is 1. The van der Waals surface area contributed by atoms with E-state index in [0.717, 1.165) is 36.8 Å². The van der Waals surface area contributed by atoms with Gasteiger partial charge in [0, 0.05) is 25.2 Å². The van der Waals surface area contributed by atoms with Gasteiger partial charge in [0.15, 0.2) is 9.84 Å². The van der Waals surface area contributed by atoms with Crippen molar-refractivity contribution in [2.24, 2.45) is 0 Å². The fourth-order valence-corrected chi connectivity index (χ4v) is 3.15. The Morgan fingerprint density at radius 2 is 1.83 bits per heavy atom. The summed E-state index contributed by atoms with van der Waals surface area (Å²) in [5.41, 5.74) is 0.791. The van der Waals surface area contributed by atoms with Gasteiger partial charge in [-0.15, -0.1) is 0 Å². The molecule has 0 fully saturated rings. The molecule has 102 valence electrons. The average molecular weight is 334 g/mol. The van der Waals surface area contributed by atoms with Crippen molar-refractivity contribution in [3.63, 3.8) is 0 Å². The molecule has 3 nitrogen and oxygen atoms in total. The van der Waals surface area contributed by atoms with Crippen molar-refractivity contribution >= 4 is 31.5 Å². The highest BCUT2D eigenvalue weighted by atomic mass is 79.9. The zero-order valence-electron chi connectivity index (χ0n) is 10.9. The van der Waals surface area contributed by atoms with E-state index in [-0.39, 0.29) is 0 Å². The molecule has 18 heavy (non-hydrogen) atoms. The smallest absolute Gasteiger partial charge is 0.177 e. The van der Waals surface area contributed by atoms with E-state index in [1.165, 1.54) is 6.26 Å². The van der Waals surface area contributed by atoms with Crippen LogP contribution in [-0.4, -0.2) is 33.6 Å². The van der Waals surface area contributed by atoms with Crippen LogP contribution < -0.4 is 4.90 Å². The summed E-state index contributed by atoms with van der Waals surface area (Å²) in [5.74, 6) is 0. The Balaban J connectivity index is 2.77. The van der Waals surface area contributed by atoms with Crippen LogP contribution in [0.4, 0.5) is 5.69 Å². The van der Waals surface area contributed by atoms with Gasteiger partial charge in [-0.1, -0.05) is 34.5 Å². The number of unbranched alkanes of at least 4 members (excludes halogenated alkanes) is 2. The Morgan fingerprint density at radius 1 is 1.17 bits per heavy atom. The second-order valence-corrected chi connectivity index (χ2v) is 7.19. The number of hydrogen-bond acceptors (Lipinski definition) is 3. The van der Waals surface area contributed by atoms with Crippen LogP contribution in [0.25, 0.3) is 0 Å². The van der Waals surface area contributed by atoms with Gasteiger partial charge in [-0.3, -0.25) is 0 Å². The van der Waals surface area contributed by atoms with E-state index in [1.54, 1.807) is 12.1 Å². The van der Waals surface area contributed by atoms with Gasteiger partial charge in [-0.25, -0.2) is 8.42 Å². The molecule has 0 amide bonds. The van der Waals surface area contributed by atoms with Gasteiger partial charge in [-0.05, 0) is 25.0 Å². The first-order valence-corrected chi connectivity index (χ1v) is 9.04. The molecule has 0 aliphatic rings. The lowest BCUT2D eigenvalue weighted by molar-refractivity contribution is 0.601. The number of nitrogens with zero attached hydrogens (tertiary/aromatic N) is 1. The maximum absolute atomic E-state index is 11.7. The number of halogens is 1. The summed E-state index contributed by atoms with van der Waals surface area (Å²) in [6.45, 7) is 0.875. The Kier molecular flexibility index (Phi) is 6.15. The molecule has 0 aliphatic carbocycles. The highest BCUT2D eigenvalue weighted by Gasteiger charge is 2.14. The van der Waals surface area contributed by atoms with Gasteiger partial charge in [0.2, 0.25) is 0 Å². The lowest BCUT2D eigenvalue weighted by atomic mass is 10.2. The summed E-state index contributed by atoms with van der Waals surface area (Å²) in [7, 11) is -1.22. The van der Waals surface area contributed by atoms with Crippen LogP contribution in [0.15, 0.2) is 29.2 Å². The number of rotatable bonds is 7. The monoisotopic (exact) mass is 333 g/mol. The van der Waals surface area contributed by atoms with Gasteiger partial charge in [0.25, 0.3) is 0 Å². The predicted octanol–water partition coefficient (Wildman–Crippen LogP) is 3.09. The molecule has 0 spiro atoms. The topological polar surface area (TPSA) is 37.4 Å². The van der Waals surface area contributed by atoms with Crippen molar-refractivity contribution < 1.29 is 8.42 Å². The third-order valence-electron chi connectivity index (χ3n) is 2.80. The molecular formula is C13H20BrNO2S. The summed E-state index contributed by atoms with van der Waals surface area (Å²) >= 11 is 3.41. The normalized spacial score (nSPS) is 11.5. The highest BCUT2D eigenvalue weighted by molar-refractivity contribution is 9.09. The lowest BCUT2D eigenvalue weighted by Gasteiger charge is -2.21. The molecule has 0 aromatic heterocycles. The third-order valence-corrected chi connectivity index (χ3v) is 4.51. The molecule has 0 unspecified atom stereocenters. The molecule has 0 saturated heterocycles. The molecule has 0 atom stereocenters. The lowest BCUT2D eigenvalue weighted by Crippen LogP contribution is -2.20. The summed E-state index contributed by atoms with van der Waals surface area (Å²) in [6.07, 6.45) is 4.63. The first-order valence-electron chi connectivity index (χ1n) is 6.03. The van der Waals surface area contributed by atoms with E-state index >= 15 is 0 Å². The quantitative estimate of drug-likeness (QED) is 0.568. The zero-order chi connectivity index (χ0) is 13.6. The average Bonchev–Trinajstić information content (AvgIpc) is 2.33. The van der Waals surface area contributed by atoms with E-state index in [1.807, 2.05) is 24.1 Å². The minimum absolute atomic E-state index is 0.410. The fourth-order valence-electron chi connectivity index (χ4n) is 1.83. The zero-order valence-corrected chi connectivity index (χ0v) is 13.3. The number of hydrogen-bond donors (Lipinski definition) is 0. The summed E-state index contributed by atoms with van der Waals surface area (Å²) in [6, 6.07) is 7.16. The van der Waals surface area contributed by atoms with Crippen molar-refractivity contribution in [2.75, 3.05) is 30.1 Å². The molecule has 1 aromatic rings. The van der Waals surface area contributed by atoms with E-state index in [9.17, 15) is 8.42 Å². The third kappa shape index (κ3) is 4.61. The summed E-state index contributed by atoms with van der Waals surface area (Å²) in [4.78, 5) is 2.43. The van der Waals surface area contributed by atoms with Crippen molar-refractivity contribution in [1.82, 2.24) is 0 Å². The van der Waals surface area contributed by atoms with Gasteiger partial charge in [0.1, 0.15) is 0 Å². The first kappa shape index (κ1) is 15.5.